The zero-order chi connectivity index (χ0) is 19.0. The molecular formula is C21H15ClN2O2S. The summed E-state index contributed by atoms with van der Waals surface area (Å²) in [4.78, 5) is 28.2. The molecule has 0 aliphatic carbocycles. The van der Waals surface area contributed by atoms with Crippen LogP contribution in [0.1, 0.15) is 10.4 Å². The minimum atomic E-state index is -0.383. The van der Waals surface area contributed by atoms with Gasteiger partial charge in [-0.3, -0.25) is 9.59 Å². The molecule has 1 aromatic heterocycles. The van der Waals surface area contributed by atoms with E-state index >= 15 is 0 Å². The third-order valence-electron chi connectivity index (χ3n) is 4.26. The van der Waals surface area contributed by atoms with E-state index in [0.717, 1.165) is 16.1 Å². The smallest absolute Gasteiger partial charge is 0.282 e. The van der Waals surface area contributed by atoms with Crippen molar-refractivity contribution in [3.8, 4) is 0 Å². The van der Waals surface area contributed by atoms with E-state index in [4.69, 9.17) is 11.6 Å². The lowest BCUT2D eigenvalue weighted by Gasteiger charge is -2.15. The Morgan fingerprint density at radius 1 is 0.926 bits per heavy atom. The molecule has 2 amide bonds. The minimum absolute atomic E-state index is 0.279. The van der Waals surface area contributed by atoms with Crippen molar-refractivity contribution >= 4 is 51.7 Å². The van der Waals surface area contributed by atoms with Gasteiger partial charge in [0.25, 0.3) is 11.8 Å². The number of nitrogens with zero attached hydrogens (tertiary/aromatic N) is 1. The van der Waals surface area contributed by atoms with Crippen LogP contribution in [0.25, 0.3) is 5.57 Å². The second-order valence-corrected chi connectivity index (χ2v) is 7.52. The number of halogens is 1. The molecule has 2 heterocycles. The number of amides is 2. The summed E-state index contributed by atoms with van der Waals surface area (Å²) in [6, 6.07) is 18.0. The highest BCUT2D eigenvalue weighted by Gasteiger charge is 2.40. The molecule has 1 N–H and O–H groups in total. The van der Waals surface area contributed by atoms with Gasteiger partial charge < -0.3 is 5.32 Å². The molecule has 27 heavy (non-hydrogen) atoms. The van der Waals surface area contributed by atoms with Crippen molar-refractivity contribution in [3.63, 3.8) is 0 Å². The van der Waals surface area contributed by atoms with Gasteiger partial charge in [-0.15, -0.1) is 11.3 Å². The summed E-state index contributed by atoms with van der Waals surface area (Å²) in [7, 11) is 0. The van der Waals surface area contributed by atoms with Crippen molar-refractivity contribution in [2.24, 2.45) is 0 Å². The zero-order valence-electron chi connectivity index (χ0n) is 14.4. The number of carbonyl (C=O) groups excluding carboxylic acids is 2. The SMILES string of the molecule is Cc1ccc(NC2=C(c3cccs3)C(=O)N(c3ccc(Cl)cc3)C2=O)cc1. The lowest BCUT2D eigenvalue weighted by Crippen LogP contribution is -2.32. The summed E-state index contributed by atoms with van der Waals surface area (Å²) in [6.45, 7) is 1.99. The molecule has 0 radical (unpaired) electrons. The van der Waals surface area contributed by atoms with Gasteiger partial charge >= 0.3 is 0 Å². The minimum Gasteiger partial charge on any atom is -0.350 e. The van der Waals surface area contributed by atoms with Gasteiger partial charge in [-0.25, -0.2) is 4.90 Å². The second kappa shape index (κ2) is 7.02. The number of rotatable bonds is 4. The predicted molar refractivity (Wildman–Crippen MR) is 110 cm³/mol. The summed E-state index contributed by atoms with van der Waals surface area (Å²) in [5.41, 5.74) is 3.02. The van der Waals surface area contributed by atoms with E-state index in [1.807, 2.05) is 48.7 Å². The number of benzene rings is 2. The maximum absolute atomic E-state index is 13.1. The van der Waals surface area contributed by atoms with Crippen molar-refractivity contribution in [1.29, 1.82) is 0 Å². The molecular weight excluding hydrogens is 380 g/mol. The first-order valence-corrected chi connectivity index (χ1v) is 9.56. The van der Waals surface area contributed by atoms with Crippen molar-refractivity contribution in [2.45, 2.75) is 6.92 Å². The Morgan fingerprint density at radius 3 is 2.26 bits per heavy atom. The Kier molecular flexibility index (Phi) is 4.56. The standard InChI is InChI=1S/C21H15ClN2O2S/c1-13-4-8-15(9-5-13)23-19-18(17-3-2-12-27-17)20(25)24(21(19)26)16-10-6-14(22)7-11-16/h2-12,23H,1H3. The summed E-state index contributed by atoms with van der Waals surface area (Å²) in [5.74, 6) is -0.731. The molecule has 0 atom stereocenters. The fraction of sp³-hybridized carbons (Fsp3) is 0.0476. The molecule has 4 rings (SSSR count). The van der Waals surface area contributed by atoms with Crippen LogP contribution in [-0.4, -0.2) is 11.8 Å². The van der Waals surface area contributed by atoms with Crippen LogP contribution in [0, 0.1) is 6.92 Å². The molecule has 134 valence electrons. The summed E-state index contributed by atoms with van der Waals surface area (Å²) in [6.07, 6.45) is 0. The molecule has 2 aromatic carbocycles. The Hall–Kier alpha value is -2.89. The van der Waals surface area contributed by atoms with E-state index < -0.39 is 0 Å². The number of carbonyl (C=O) groups is 2. The van der Waals surface area contributed by atoms with Gasteiger partial charge in [-0.1, -0.05) is 35.4 Å². The molecule has 3 aromatic rings. The second-order valence-electron chi connectivity index (χ2n) is 6.14. The molecule has 1 aliphatic rings. The fourth-order valence-electron chi connectivity index (χ4n) is 2.90. The van der Waals surface area contributed by atoms with E-state index in [1.54, 1.807) is 24.3 Å². The first kappa shape index (κ1) is 17.5. The van der Waals surface area contributed by atoms with E-state index in [0.29, 0.717) is 16.3 Å². The van der Waals surface area contributed by atoms with Gasteiger partial charge in [-0.05, 0) is 54.8 Å². The lowest BCUT2D eigenvalue weighted by molar-refractivity contribution is -0.120. The van der Waals surface area contributed by atoms with Gasteiger partial charge in [-0.2, -0.15) is 0 Å². The first-order chi connectivity index (χ1) is 13.0. The normalized spacial score (nSPS) is 14.2. The lowest BCUT2D eigenvalue weighted by atomic mass is 10.1. The monoisotopic (exact) mass is 394 g/mol. The summed E-state index contributed by atoms with van der Waals surface area (Å²) in [5, 5.41) is 5.57. The Balaban J connectivity index is 1.78. The van der Waals surface area contributed by atoms with Gasteiger partial charge in [0.2, 0.25) is 0 Å². The number of hydrogen-bond acceptors (Lipinski definition) is 4. The number of hydrogen-bond donors (Lipinski definition) is 1. The highest BCUT2D eigenvalue weighted by atomic mass is 35.5. The molecule has 4 nitrogen and oxygen atoms in total. The van der Waals surface area contributed by atoms with Crippen molar-refractivity contribution in [2.75, 3.05) is 10.2 Å². The van der Waals surface area contributed by atoms with Gasteiger partial charge in [0.05, 0.1) is 11.3 Å². The Bertz CT molecular complexity index is 1040. The van der Waals surface area contributed by atoms with E-state index in [1.165, 1.54) is 16.2 Å². The highest BCUT2D eigenvalue weighted by Crippen LogP contribution is 2.35. The van der Waals surface area contributed by atoms with E-state index in [2.05, 4.69) is 5.32 Å². The van der Waals surface area contributed by atoms with Crippen molar-refractivity contribution in [1.82, 2.24) is 0 Å². The molecule has 0 fully saturated rings. The topological polar surface area (TPSA) is 49.4 Å². The van der Waals surface area contributed by atoms with Crippen molar-refractivity contribution < 1.29 is 9.59 Å². The zero-order valence-corrected chi connectivity index (χ0v) is 16.0. The quantitative estimate of drug-likeness (QED) is 0.626. The maximum atomic E-state index is 13.1. The molecule has 0 bridgehead atoms. The summed E-state index contributed by atoms with van der Waals surface area (Å²) < 4.78 is 0. The van der Waals surface area contributed by atoms with E-state index in [9.17, 15) is 9.59 Å². The Labute approximate surface area is 165 Å². The average Bonchev–Trinajstić information content (AvgIpc) is 3.26. The molecule has 0 saturated carbocycles. The van der Waals surface area contributed by atoms with Gasteiger partial charge in [0.15, 0.2) is 0 Å². The number of nitrogens with one attached hydrogen (secondary N) is 1. The fourth-order valence-corrected chi connectivity index (χ4v) is 3.80. The number of imide groups is 1. The molecule has 0 saturated heterocycles. The Morgan fingerprint density at radius 2 is 1.63 bits per heavy atom. The highest BCUT2D eigenvalue weighted by molar-refractivity contribution is 7.11. The van der Waals surface area contributed by atoms with Crippen LogP contribution in [-0.2, 0) is 9.59 Å². The van der Waals surface area contributed by atoms with Crippen LogP contribution in [0.2, 0.25) is 5.02 Å². The number of aryl methyl sites for hydroxylation is 1. The maximum Gasteiger partial charge on any atom is 0.282 e. The summed E-state index contributed by atoms with van der Waals surface area (Å²) >= 11 is 7.36. The number of anilines is 2. The molecule has 0 spiro atoms. The largest absolute Gasteiger partial charge is 0.350 e. The third kappa shape index (κ3) is 3.27. The van der Waals surface area contributed by atoms with Crippen LogP contribution in [0.4, 0.5) is 11.4 Å². The van der Waals surface area contributed by atoms with Crippen molar-refractivity contribution in [3.05, 3.63) is 87.2 Å². The van der Waals surface area contributed by atoms with Crippen LogP contribution >= 0.6 is 22.9 Å². The van der Waals surface area contributed by atoms with Crippen LogP contribution in [0.15, 0.2) is 71.7 Å². The van der Waals surface area contributed by atoms with Gasteiger partial charge in [0, 0.05) is 15.6 Å². The number of thiophene rings is 1. The predicted octanol–water partition coefficient (Wildman–Crippen LogP) is 5.11. The van der Waals surface area contributed by atoms with E-state index in [-0.39, 0.29) is 17.5 Å². The first-order valence-electron chi connectivity index (χ1n) is 8.31. The average molecular weight is 395 g/mol. The molecule has 6 heteroatoms. The van der Waals surface area contributed by atoms with Crippen LogP contribution in [0.3, 0.4) is 0 Å². The van der Waals surface area contributed by atoms with Crippen LogP contribution in [0.5, 0.6) is 0 Å². The van der Waals surface area contributed by atoms with Gasteiger partial charge in [0.1, 0.15) is 5.70 Å². The third-order valence-corrected chi connectivity index (χ3v) is 5.40. The van der Waals surface area contributed by atoms with Crippen LogP contribution < -0.4 is 10.2 Å². The molecule has 0 unspecified atom stereocenters. The molecule has 1 aliphatic heterocycles.